The second-order valence-electron chi connectivity index (χ2n) is 7.52. The Morgan fingerprint density at radius 2 is 1.82 bits per heavy atom. The van der Waals surface area contributed by atoms with Gasteiger partial charge in [-0.15, -0.1) is 0 Å². The lowest BCUT2D eigenvalue weighted by Gasteiger charge is -2.32. The van der Waals surface area contributed by atoms with Crippen LogP contribution in [-0.4, -0.2) is 48.2 Å². The van der Waals surface area contributed by atoms with Gasteiger partial charge >= 0.3 is 12.1 Å². The molecule has 1 aromatic carbocycles. The van der Waals surface area contributed by atoms with Crippen LogP contribution < -0.4 is 5.32 Å². The Bertz CT molecular complexity index is 740. The normalized spacial score (nSPS) is 15.1. The molecule has 154 valence electrons. The van der Waals surface area contributed by atoms with Crippen LogP contribution in [0.5, 0.6) is 0 Å². The number of carbonyl (C=O) groups excluding carboxylic acids is 3. The number of esters is 1. The van der Waals surface area contributed by atoms with E-state index in [9.17, 15) is 23.2 Å². The Kier molecular flexibility index (Phi) is 6.93. The number of likely N-dealkylation sites (tertiary alicyclic amines) is 1. The predicted molar refractivity (Wildman–Crippen MR) is 96.5 cm³/mol. The highest BCUT2D eigenvalue weighted by Crippen LogP contribution is 2.21. The quantitative estimate of drug-likeness (QED) is 0.788. The van der Waals surface area contributed by atoms with Crippen LogP contribution >= 0.6 is 0 Å². The molecule has 1 N–H and O–H groups in total. The molecule has 2 amide bonds. The van der Waals surface area contributed by atoms with Gasteiger partial charge in [-0.25, -0.2) is 13.6 Å². The second kappa shape index (κ2) is 8.99. The number of nitrogens with zero attached hydrogens (tertiary/aromatic N) is 1. The molecule has 1 saturated heterocycles. The van der Waals surface area contributed by atoms with E-state index in [2.05, 4.69) is 5.32 Å². The summed E-state index contributed by atoms with van der Waals surface area (Å²) in [7, 11) is 0. The first kappa shape index (κ1) is 21.6. The summed E-state index contributed by atoms with van der Waals surface area (Å²) in [5.74, 6) is -3.41. The van der Waals surface area contributed by atoms with E-state index >= 15 is 0 Å². The van der Waals surface area contributed by atoms with Crippen molar-refractivity contribution in [3.63, 3.8) is 0 Å². The summed E-state index contributed by atoms with van der Waals surface area (Å²) in [6.45, 7) is 5.44. The number of rotatable bonds is 4. The maximum absolute atomic E-state index is 13.5. The minimum Gasteiger partial charge on any atom is -0.455 e. The molecule has 9 heteroatoms. The van der Waals surface area contributed by atoms with E-state index in [1.807, 2.05) is 0 Å². The molecule has 0 atom stereocenters. The lowest BCUT2D eigenvalue weighted by Crippen LogP contribution is -2.43. The Hall–Kier alpha value is -2.71. The molecule has 0 bridgehead atoms. The van der Waals surface area contributed by atoms with E-state index in [1.54, 1.807) is 20.8 Å². The summed E-state index contributed by atoms with van der Waals surface area (Å²) in [5, 5.41) is 2.21. The molecule has 0 spiro atoms. The molecule has 1 aromatic rings. The van der Waals surface area contributed by atoms with Crippen molar-refractivity contribution in [2.24, 2.45) is 5.92 Å². The lowest BCUT2D eigenvalue weighted by molar-refractivity contribution is -0.153. The van der Waals surface area contributed by atoms with Crippen molar-refractivity contribution >= 4 is 23.7 Å². The number of nitrogens with one attached hydrogen (secondary N) is 1. The minimum absolute atomic E-state index is 0.201. The number of ether oxygens (including phenoxy) is 2. The summed E-state index contributed by atoms with van der Waals surface area (Å²) >= 11 is 0. The first-order valence-electron chi connectivity index (χ1n) is 8.94. The van der Waals surface area contributed by atoms with Crippen molar-refractivity contribution < 1.29 is 32.6 Å². The molecule has 1 aliphatic heterocycles. The van der Waals surface area contributed by atoms with E-state index < -0.39 is 47.7 Å². The molecule has 0 unspecified atom stereocenters. The Labute approximate surface area is 162 Å². The molecule has 7 nitrogen and oxygen atoms in total. The number of anilines is 1. The number of amides is 2. The van der Waals surface area contributed by atoms with Crippen molar-refractivity contribution in [2.75, 3.05) is 25.0 Å². The second-order valence-corrected chi connectivity index (χ2v) is 7.52. The van der Waals surface area contributed by atoms with Gasteiger partial charge in [0.25, 0.3) is 5.91 Å². The molecule has 28 heavy (non-hydrogen) atoms. The van der Waals surface area contributed by atoms with Crippen LogP contribution in [0.4, 0.5) is 19.3 Å². The predicted octanol–water partition coefficient (Wildman–Crippen LogP) is 3.09. The standard InChI is InChI=1S/C19H24F2N2O5/c1-19(2,3)28-18(26)23-8-6-12(7-9-23)17(25)27-11-16(24)22-15-5-4-13(20)10-14(15)21/h4-5,10,12H,6-9,11H2,1-3H3,(H,22,24). The van der Waals surface area contributed by atoms with E-state index in [1.165, 1.54) is 4.90 Å². The van der Waals surface area contributed by atoms with E-state index in [-0.39, 0.29) is 5.69 Å². The van der Waals surface area contributed by atoms with E-state index in [0.717, 1.165) is 12.1 Å². The van der Waals surface area contributed by atoms with Crippen molar-refractivity contribution in [1.29, 1.82) is 0 Å². The SMILES string of the molecule is CC(C)(C)OC(=O)N1CCC(C(=O)OCC(=O)Nc2ccc(F)cc2F)CC1. The molecule has 1 fully saturated rings. The fourth-order valence-corrected chi connectivity index (χ4v) is 2.66. The number of piperidine rings is 1. The third-order valence-electron chi connectivity index (χ3n) is 4.03. The molecule has 0 radical (unpaired) electrons. The van der Waals surface area contributed by atoms with Gasteiger partial charge in [0.1, 0.15) is 17.2 Å². The van der Waals surface area contributed by atoms with E-state index in [0.29, 0.717) is 32.0 Å². The molecule has 0 aromatic heterocycles. The summed E-state index contributed by atoms with van der Waals surface area (Å²) in [4.78, 5) is 37.4. The molecular weight excluding hydrogens is 374 g/mol. The molecule has 1 aliphatic rings. The zero-order chi connectivity index (χ0) is 20.9. The van der Waals surface area contributed by atoms with Crippen LogP contribution in [0, 0.1) is 17.6 Å². The van der Waals surface area contributed by atoms with Crippen molar-refractivity contribution in [3.05, 3.63) is 29.8 Å². The first-order chi connectivity index (χ1) is 13.0. The summed E-state index contributed by atoms with van der Waals surface area (Å²) < 4.78 is 36.6. The van der Waals surface area contributed by atoms with Crippen LogP contribution in [0.1, 0.15) is 33.6 Å². The molecule has 2 rings (SSSR count). The number of benzene rings is 1. The number of hydrogen-bond donors (Lipinski definition) is 1. The summed E-state index contributed by atoms with van der Waals surface area (Å²) in [5.41, 5.74) is -0.794. The van der Waals surface area contributed by atoms with Gasteiger partial charge in [-0.3, -0.25) is 9.59 Å². The number of hydrogen-bond acceptors (Lipinski definition) is 5. The minimum atomic E-state index is -0.922. The molecular formula is C19H24F2N2O5. The van der Waals surface area contributed by atoms with Gasteiger partial charge in [-0.1, -0.05) is 0 Å². The lowest BCUT2D eigenvalue weighted by atomic mass is 9.97. The smallest absolute Gasteiger partial charge is 0.410 e. The maximum atomic E-state index is 13.5. The fourth-order valence-electron chi connectivity index (χ4n) is 2.66. The van der Waals surface area contributed by atoms with Crippen LogP contribution in [-0.2, 0) is 19.1 Å². The van der Waals surface area contributed by atoms with Crippen LogP contribution in [0.15, 0.2) is 18.2 Å². The third-order valence-corrected chi connectivity index (χ3v) is 4.03. The van der Waals surface area contributed by atoms with Crippen LogP contribution in [0.3, 0.4) is 0 Å². The first-order valence-corrected chi connectivity index (χ1v) is 8.94. The van der Waals surface area contributed by atoms with Gasteiger partial charge in [0.05, 0.1) is 11.6 Å². The monoisotopic (exact) mass is 398 g/mol. The van der Waals surface area contributed by atoms with Crippen molar-refractivity contribution in [1.82, 2.24) is 4.90 Å². The highest BCUT2D eigenvalue weighted by atomic mass is 19.1. The fraction of sp³-hybridized carbons (Fsp3) is 0.526. The molecule has 1 heterocycles. The number of carbonyl (C=O) groups is 3. The average molecular weight is 398 g/mol. The Morgan fingerprint density at radius 3 is 2.39 bits per heavy atom. The van der Waals surface area contributed by atoms with Gasteiger partial charge in [0.15, 0.2) is 6.61 Å². The topological polar surface area (TPSA) is 84.9 Å². The van der Waals surface area contributed by atoms with Gasteiger partial charge in [0, 0.05) is 19.2 Å². The molecule has 0 saturated carbocycles. The average Bonchev–Trinajstić information content (AvgIpc) is 2.61. The van der Waals surface area contributed by atoms with Crippen LogP contribution in [0.2, 0.25) is 0 Å². The van der Waals surface area contributed by atoms with Crippen molar-refractivity contribution in [2.45, 2.75) is 39.2 Å². The zero-order valence-electron chi connectivity index (χ0n) is 16.1. The highest BCUT2D eigenvalue weighted by molar-refractivity contribution is 5.93. The maximum Gasteiger partial charge on any atom is 0.410 e. The summed E-state index contributed by atoms with van der Waals surface area (Å²) in [6, 6.07) is 2.72. The highest BCUT2D eigenvalue weighted by Gasteiger charge is 2.31. The van der Waals surface area contributed by atoms with Gasteiger partial charge < -0.3 is 19.7 Å². The van der Waals surface area contributed by atoms with Gasteiger partial charge in [-0.05, 0) is 45.7 Å². The third kappa shape index (κ3) is 6.47. The Balaban J connectivity index is 1.75. The van der Waals surface area contributed by atoms with Crippen molar-refractivity contribution in [3.8, 4) is 0 Å². The largest absolute Gasteiger partial charge is 0.455 e. The van der Waals surface area contributed by atoms with E-state index in [4.69, 9.17) is 9.47 Å². The van der Waals surface area contributed by atoms with Crippen LogP contribution in [0.25, 0.3) is 0 Å². The van der Waals surface area contributed by atoms with Gasteiger partial charge in [0.2, 0.25) is 0 Å². The summed E-state index contributed by atoms with van der Waals surface area (Å²) in [6.07, 6.45) is 0.360. The zero-order valence-corrected chi connectivity index (χ0v) is 16.1. The molecule has 0 aliphatic carbocycles. The van der Waals surface area contributed by atoms with Gasteiger partial charge in [-0.2, -0.15) is 0 Å². The Morgan fingerprint density at radius 1 is 1.18 bits per heavy atom. The number of halogens is 2.